The average Bonchev–Trinajstić information content (AvgIpc) is 3.39. The second-order valence-electron chi connectivity index (χ2n) is 9.14. The number of carbonyl (C=O) groups is 2. The first-order valence-corrected chi connectivity index (χ1v) is 13.5. The lowest BCUT2D eigenvalue weighted by Gasteiger charge is -2.12. The van der Waals surface area contributed by atoms with Gasteiger partial charge in [-0.25, -0.2) is 26.8 Å². The predicted molar refractivity (Wildman–Crippen MR) is 150 cm³/mol. The zero-order valence-corrected chi connectivity index (χ0v) is 22.5. The molecular formula is C29H21F4N5O3S. The van der Waals surface area contributed by atoms with Crippen molar-refractivity contribution in [3.05, 3.63) is 107 Å². The number of carbonyl (C=O) groups excluding carboxylic acids is 2. The van der Waals surface area contributed by atoms with Gasteiger partial charge in [0, 0.05) is 48.1 Å². The molecule has 5 N–H and O–H groups in total. The zero-order chi connectivity index (χ0) is 30.1. The fourth-order valence-corrected chi connectivity index (χ4v) is 5.28. The predicted octanol–water partition coefficient (Wildman–Crippen LogP) is 5.57. The van der Waals surface area contributed by atoms with E-state index in [1.54, 1.807) is 24.3 Å². The molecular weight excluding hydrogens is 574 g/mol. The van der Waals surface area contributed by atoms with Gasteiger partial charge in [0.05, 0.1) is 16.1 Å². The highest BCUT2D eigenvalue weighted by Crippen LogP contribution is 2.31. The molecule has 1 atom stereocenters. The molecule has 0 spiro atoms. The number of ketones is 1. The number of rotatable bonds is 8. The van der Waals surface area contributed by atoms with Gasteiger partial charge in [0.15, 0.2) is 16.8 Å². The van der Waals surface area contributed by atoms with Gasteiger partial charge < -0.3 is 16.0 Å². The van der Waals surface area contributed by atoms with Crippen molar-refractivity contribution in [1.29, 1.82) is 0 Å². The molecule has 42 heavy (non-hydrogen) atoms. The van der Waals surface area contributed by atoms with Gasteiger partial charge in [0.1, 0.15) is 23.1 Å². The molecule has 3 aromatic carbocycles. The van der Waals surface area contributed by atoms with Gasteiger partial charge in [-0.3, -0.25) is 14.3 Å². The molecule has 0 bridgehead atoms. The Morgan fingerprint density at radius 3 is 2.43 bits per heavy atom. The second kappa shape index (κ2) is 11.5. The molecule has 0 saturated heterocycles. The summed E-state index contributed by atoms with van der Waals surface area (Å²) in [6.45, 7) is 1.50. The molecule has 13 heteroatoms. The molecule has 5 aromatic rings. The van der Waals surface area contributed by atoms with Crippen LogP contribution in [0.4, 0.5) is 28.9 Å². The molecule has 2 heterocycles. The molecule has 0 saturated carbocycles. The number of halogens is 4. The minimum absolute atomic E-state index is 0.0967. The molecule has 214 valence electrons. The summed E-state index contributed by atoms with van der Waals surface area (Å²) < 4.78 is 72.7. The third-order valence-electron chi connectivity index (χ3n) is 6.36. The molecule has 1 unspecified atom stereocenters. The standard InChI is InChI=1S/C29H21F4N5O3S/c1-14(39)37-23-6-2-15(8-16(23)11-34)17-9-19-20(13-36-29(19)35-12-17)28(40)26-22(32)5-7-24(27(26)33)38-42(41)25-10-18(30)3-4-21(25)31/h2-10,12-13,38H,11,34H2,1H3,(H,35,36)(H,37,39). The summed E-state index contributed by atoms with van der Waals surface area (Å²) in [5, 5.41) is 2.96. The Labute approximate surface area is 238 Å². The van der Waals surface area contributed by atoms with E-state index in [0.29, 0.717) is 28.4 Å². The van der Waals surface area contributed by atoms with Gasteiger partial charge in [-0.2, -0.15) is 0 Å². The summed E-state index contributed by atoms with van der Waals surface area (Å²) in [5.41, 5.74) is 6.92. The van der Waals surface area contributed by atoms with E-state index in [1.165, 1.54) is 19.3 Å². The van der Waals surface area contributed by atoms with Crippen molar-refractivity contribution >= 4 is 45.1 Å². The van der Waals surface area contributed by atoms with Crippen LogP contribution in [-0.4, -0.2) is 25.9 Å². The van der Waals surface area contributed by atoms with Crippen molar-refractivity contribution in [2.45, 2.75) is 18.4 Å². The third-order valence-corrected chi connectivity index (χ3v) is 7.48. The van der Waals surface area contributed by atoms with Gasteiger partial charge in [-0.15, -0.1) is 0 Å². The maximum Gasteiger partial charge on any atom is 0.221 e. The van der Waals surface area contributed by atoms with Crippen LogP contribution in [0.25, 0.3) is 22.2 Å². The highest BCUT2D eigenvalue weighted by molar-refractivity contribution is 7.86. The maximum atomic E-state index is 15.5. The van der Waals surface area contributed by atoms with Crippen molar-refractivity contribution in [3.8, 4) is 11.1 Å². The summed E-state index contributed by atoms with van der Waals surface area (Å²) in [6.07, 6.45) is 2.79. The lowest BCUT2D eigenvalue weighted by Crippen LogP contribution is -2.13. The number of pyridine rings is 1. The number of anilines is 2. The molecule has 0 fully saturated rings. The van der Waals surface area contributed by atoms with Crippen LogP contribution in [0.1, 0.15) is 28.4 Å². The smallest absolute Gasteiger partial charge is 0.221 e. The molecule has 0 aliphatic heterocycles. The van der Waals surface area contributed by atoms with Crippen LogP contribution in [-0.2, 0) is 22.3 Å². The molecule has 5 rings (SSSR count). The molecule has 0 aliphatic rings. The van der Waals surface area contributed by atoms with E-state index in [1.807, 2.05) is 0 Å². The van der Waals surface area contributed by atoms with Crippen molar-refractivity contribution in [2.75, 3.05) is 10.0 Å². The van der Waals surface area contributed by atoms with Crippen LogP contribution in [0.3, 0.4) is 0 Å². The Bertz CT molecular complexity index is 1910. The summed E-state index contributed by atoms with van der Waals surface area (Å²) in [6, 6.07) is 10.7. The fraction of sp³-hybridized carbons (Fsp3) is 0.0690. The van der Waals surface area contributed by atoms with Crippen molar-refractivity contribution in [2.24, 2.45) is 5.73 Å². The van der Waals surface area contributed by atoms with Crippen LogP contribution in [0, 0.1) is 23.3 Å². The number of hydrogen-bond acceptors (Lipinski definition) is 5. The van der Waals surface area contributed by atoms with E-state index in [9.17, 15) is 27.0 Å². The number of fused-ring (bicyclic) bond motifs is 1. The summed E-state index contributed by atoms with van der Waals surface area (Å²) in [5.74, 6) is -5.73. The minimum atomic E-state index is -2.47. The van der Waals surface area contributed by atoms with E-state index in [0.717, 1.165) is 24.3 Å². The van der Waals surface area contributed by atoms with Gasteiger partial charge in [-0.1, -0.05) is 6.07 Å². The summed E-state index contributed by atoms with van der Waals surface area (Å²) >= 11 is 0. The number of aromatic nitrogens is 2. The lowest BCUT2D eigenvalue weighted by molar-refractivity contribution is -0.114. The Hall–Kier alpha value is -4.88. The van der Waals surface area contributed by atoms with Gasteiger partial charge in [0.2, 0.25) is 11.7 Å². The van der Waals surface area contributed by atoms with Crippen LogP contribution in [0.2, 0.25) is 0 Å². The number of nitrogens with two attached hydrogens (primary N) is 1. The SMILES string of the molecule is CC(=O)Nc1ccc(-c2cnc3[nH]cc(C(=O)c4c(F)ccc(NS(=O)c5cc(F)ccc5F)c4F)c3c2)cc1CN. The van der Waals surface area contributed by atoms with Gasteiger partial charge in [0.25, 0.3) is 0 Å². The molecule has 8 nitrogen and oxygen atoms in total. The van der Waals surface area contributed by atoms with Crippen LogP contribution < -0.4 is 15.8 Å². The quantitative estimate of drug-likeness (QED) is 0.138. The largest absolute Gasteiger partial charge is 0.345 e. The van der Waals surface area contributed by atoms with E-state index < -0.39 is 56.2 Å². The second-order valence-corrected chi connectivity index (χ2v) is 10.3. The van der Waals surface area contributed by atoms with Gasteiger partial charge in [-0.05, 0) is 59.7 Å². The van der Waals surface area contributed by atoms with E-state index >= 15 is 4.39 Å². The number of aromatic amines is 1. The van der Waals surface area contributed by atoms with Crippen LogP contribution >= 0.6 is 0 Å². The van der Waals surface area contributed by atoms with E-state index in [4.69, 9.17) is 5.73 Å². The van der Waals surface area contributed by atoms with Crippen molar-refractivity contribution < 1.29 is 31.4 Å². The van der Waals surface area contributed by atoms with Crippen LogP contribution in [0.5, 0.6) is 0 Å². The number of benzene rings is 3. The minimum Gasteiger partial charge on any atom is -0.345 e. The molecule has 0 radical (unpaired) electrons. The summed E-state index contributed by atoms with van der Waals surface area (Å²) in [4.78, 5) is 31.5. The van der Waals surface area contributed by atoms with E-state index in [2.05, 4.69) is 20.0 Å². The zero-order valence-electron chi connectivity index (χ0n) is 21.7. The fourth-order valence-electron chi connectivity index (χ4n) is 4.35. The first kappa shape index (κ1) is 28.6. The Kier molecular flexibility index (Phi) is 7.87. The Morgan fingerprint density at radius 1 is 0.952 bits per heavy atom. The molecule has 1 amide bonds. The number of hydrogen-bond donors (Lipinski definition) is 4. The normalized spacial score (nSPS) is 11.9. The lowest BCUT2D eigenvalue weighted by atomic mass is 9.98. The Balaban J connectivity index is 1.51. The Morgan fingerprint density at radius 2 is 1.69 bits per heavy atom. The number of H-pyrrole nitrogens is 1. The maximum absolute atomic E-state index is 15.5. The summed E-state index contributed by atoms with van der Waals surface area (Å²) in [7, 11) is -2.47. The number of nitrogens with one attached hydrogen (secondary N) is 3. The van der Waals surface area contributed by atoms with E-state index in [-0.39, 0.29) is 29.0 Å². The molecule has 0 aliphatic carbocycles. The van der Waals surface area contributed by atoms with Gasteiger partial charge >= 0.3 is 0 Å². The number of amides is 1. The monoisotopic (exact) mass is 595 g/mol. The average molecular weight is 596 g/mol. The highest BCUT2D eigenvalue weighted by atomic mass is 32.2. The first-order valence-electron chi connectivity index (χ1n) is 12.3. The first-order chi connectivity index (χ1) is 20.1. The topological polar surface area (TPSA) is 130 Å². The highest BCUT2D eigenvalue weighted by Gasteiger charge is 2.26. The molecule has 2 aromatic heterocycles. The van der Waals surface area contributed by atoms with Crippen molar-refractivity contribution in [1.82, 2.24) is 9.97 Å². The van der Waals surface area contributed by atoms with Crippen molar-refractivity contribution in [3.63, 3.8) is 0 Å². The number of nitrogens with zero attached hydrogens (tertiary/aromatic N) is 1. The third kappa shape index (κ3) is 5.51. The van der Waals surface area contributed by atoms with Crippen LogP contribution in [0.15, 0.2) is 71.9 Å².